The molecule has 0 radical (unpaired) electrons. The molecule has 5 fully saturated rings. The first kappa shape index (κ1) is 24.9. The van der Waals surface area contributed by atoms with E-state index in [-0.39, 0.29) is 17.2 Å². The Morgan fingerprint density at radius 3 is 2.28 bits per heavy atom. The maximum absolute atomic E-state index is 13.6. The lowest BCUT2D eigenvalue weighted by atomic mass is 9.48. The van der Waals surface area contributed by atoms with Crippen molar-refractivity contribution in [2.45, 2.75) is 81.8 Å². The first-order valence-electron chi connectivity index (χ1n) is 14.4. The Kier molecular flexibility index (Phi) is 5.90. The summed E-state index contributed by atoms with van der Waals surface area (Å²) in [6.45, 7) is 0.703. The van der Waals surface area contributed by atoms with Gasteiger partial charge in [-0.2, -0.15) is 23.4 Å². The molecule has 6 nitrogen and oxygen atoms in total. The monoisotopic (exact) mass is 537 g/mol. The van der Waals surface area contributed by atoms with E-state index in [0.29, 0.717) is 30.8 Å². The maximum atomic E-state index is 13.6. The van der Waals surface area contributed by atoms with Gasteiger partial charge in [0.25, 0.3) is 5.91 Å². The van der Waals surface area contributed by atoms with Crippen molar-refractivity contribution in [2.75, 3.05) is 6.54 Å². The third-order valence-corrected chi connectivity index (χ3v) is 9.45. The third kappa shape index (κ3) is 4.67. The third-order valence-electron chi connectivity index (χ3n) is 9.45. The van der Waals surface area contributed by atoms with Crippen molar-refractivity contribution in [1.29, 1.82) is 0 Å². The van der Waals surface area contributed by atoms with Crippen molar-refractivity contribution in [3.05, 3.63) is 65.2 Å². The molecule has 1 aromatic carbocycles. The zero-order valence-corrected chi connectivity index (χ0v) is 22.0. The minimum absolute atomic E-state index is 0.0380. The molecule has 0 unspecified atom stereocenters. The molecule has 39 heavy (non-hydrogen) atoms. The van der Waals surface area contributed by atoms with Crippen molar-refractivity contribution < 1.29 is 18.0 Å². The second-order valence-electron chi connectivity index (χ2n) is 12.4. The number of benzene rings is 1. The summed E-state index contributed by atoms with van der Waals surface area (Å²) in [5, 5.41) is 12.0. The molecule has 9 heteroatoms. The fourth-order valence-electron chi connectivity index (χ4n) is 8.03. The summed E-state index contributed by atoms with van der Waals surface area (Å²) in [6, 6.07) is 11.1. The standard InChI is InChI=1S/C30H34F3N5O/c31-30(32,33)26-14-25(22-7-8-22)37(35-26)10-4-9-34-28(39)24-18-38(23-5-2-1-3-6-23)36-27(24)29-15-19-11-20(16-29)13-21(12-19)17-29/h1-3,5-6,14,18-22H,4,7-13,15-17H2,(H,34,39). The van der Waals surface area contributed by atoms with E-state index in [9.17, 15) is 18.0 Å². The van der Waals surface area contributed by atoms with E-state index in [1.165, 1.54) is 30.0 Å². The topological polar surface area (TPSA) is 64.7 Å². The molecule has 0 aliphatic heterocycles. The second kappa shape index (κ2) is 9.24. The summed E-state index contributed by atoms with van der Waals surface area (Å²) in [5.74, 6) is 2.19. The predicted octanol–water partition coefficient (Wildman–Crippen LogP) is 6.25. The number of aryl methyl sites for hydroxylation is 1. The van der Waals surface area contributed by atoms with Crippen LogP contribution in [-0.4, -0.2) is 32.0 Å². The molecule has 0 atom stereocenters. The van der Waals surface area contributed by atoms with Gasteiger partial charge in [-0.15, -0.1) is 0 Å². The van der Waals surface area contributed by atoms with Gasteiger partial charge >= 0.3 is 6.18 Å². The normalized spacial score (nSPS) is 27.7. The number of halogens is 3. The van der Waals surface area contributed by atoms with Crippen LogP contribution >= 0.6 is 0 Å². The van der Waals surface area contributed by atoms with Crippen molar-refractivity contribution in [2.24, 2.45) is 17.8 Å². The molecule has 2 heterocycles. The first-order valence-corrected chi connectivity index (χ1v) is 14.4. The van der Waals surface area contributed by atoms with E-state index < -0.39 is 11.9 Å². The van der Waals surface area contributed by atoms with Gasteiger partial charge < -0.3 is 5.32 Å². The SMILES string of the molecule is O=C(NCCCn1nc(C(F)(F)F)cc1C1CC1)c1cn(-c2ccccc2)nc1C12CC3CC(CC(C3)C1)C2. The Hall–Kier alpha value is -3.10. The number of amides is 1. The van der Waals surface area contributed by atoms with Crippen LogP contribution in [0.4, 0.5) is 13.2 Å². The number of nitrogens with one attached hydrogen (secondary N) is 1. The smallest absolute Gasteiger partial charge is 0.352 e. The lowest BCUT2D eigenvalue weighted by molar-refractivity contribution is -0.141. The highest BCUT2D eigenvalue weighted by Gasteiger charge is 2.54. The van der Waals surface area contributed by atoms with E-state index in [2.05, 4.69) is 10.4 Å². The predicted molar refractivity (Wildman–Crippen MR) is 140 cm³/mol. The van der Waals surface area contributed by atoms with Gasteiger partial charge in [-0.05, 0) is 93.7 Å². The molecule has 5 aliphatic carbocycles. The van der Waals surface area contributed by atoms with Crippen LogP contribution in [0, 0.1) is 17.8 Å². The molecular formula is C30H34F3N5O. The summed E-state index contributed by atoms with van der Waals surface area (Å²) in [6.07, 6.45) is 6.98. The van der Waals surface area contributed by atoms with Gasteiger partial charge in [0.2, 0.25) is 0 Å². The number of hydrogen-bond donors (Lipinski definition) is 1. The van der Waals surface area contributed by atoms with E-state index in [1.54, 1.807) is 0 Å². The average molecular weight is 538 g/mol. The van der Waals surface area contributed by atoms with Gasteiger partial charge in [-0.25, -0.2) is 4.68 Å². The number of nitrogens with zero attached hydrogens (tertiary/aromatic N) is 4. The number of aromatic nitrogens is 4. The summed E-state index contributed by atoms with van der Waals surface area (Å²) >= 11 is 0. The van der Waals surface area contributed by atoms with Crippen LogP contribution in [-0.2, 0) is 18.1 Å². The van der Waals surface area contributed by atoms with Crippen LogP contribution in [0.2, 0.25) is 0 Å². The summed E-state index contributed by atoms with van der Waals surface area (Å²) in [5.41, 5.74) is 2.28. The number of alkyl halides is 3. The molecule has 206 valence electrons. The van der Waals surface area contributed by atoms with E-state index in [0.717, 1.165) is 61.2 Å². The van der Waals surface area contributed by atoms with Crippen molar-refractivity contribution in [1.82, 2.24) is 24.9 Å². The lowest BCUT2D eigenvalue weighted by Gasteiger charge is -2.56. The minimum Gasteiger partial charge on any atom is -0.352 e. The molecule has 0 saturated heterocycles. The fraction of sp³-hybridized carbons (Fsp3) is 0.567. The maximum Gasteiger partial charge on any atom is 0.435 e. The van der Waals surface area contributed by atoms with Crippen molar-refractivity contribution >= 4 is 5.91 Å². The van der Waals surface area contributed by atoms with Crippen LogP contribution in [0.15, 0.2) is 42.6 Å². The van der Waals surface area contributed by atoms with Crippen LogP contribution in [0.25, 0.3) is 5.69 Å². The number of hydrogen-bond acceptors (Lipinski definition) is 3. The number of carbonyl (C=O) groups is 1. The zero-order valence-electron chi connectivity index (χ0n) is 22.0. The largest absolute Gasteiger partial charge is 0.435 e. The molecular weight excluding hydrogens is 503 g/mol. The molecule has 2 aromatic heterocycles. The number of rotatable bonds is 8. The van der Waals surface area contributed by atoms with Gasteiger partial charge in [0.1, 0.15) is 0 Å². The van der Waals surface area contributed by atoms with E-state index in [1.807, 2.05) is 41.2 Å². The molecule has 5 aliphatic rings. The van der Waals surface area contributed by atoms with Crippen LogP contribution in [0.1, 0.15) is 91.1 Å². The van der Waals surface area contributed by atoms with Gasteiger partial charge in [0, 0.05) is 36.3 Å². The molecule has 3 aromatic rings. The quantitative estimate of drug-likeness (QED) is 0.346. The molecule has 4 bridgehead atoms. The summed E-state index contributed by atoms with van der Waals surface area (Å²) < 4.78 is 43.0. The average Bonchev–Trinajstić information content (AvgIpc) is 3.47. The van der Waals surface area contributed by atoms with Crippen molar-refractivity contribution in [3.8, 4) is 5.69 Å². The van der Waals surface area contributed by atoms with Gasteiger partial charge in [0.15, 0.2) is 5.69 Å². The van der Waals surface area contributed by atoms with Crippen LogP contribution in [0.5, 0.6) is 0 Å². The molecule has 0 spiro atoms. The number of para-hydroxylation sites is 1. The van der Waals surface area contributed by atoms with E-state index >= 15 is 0 Å². The van der Waals surface area contributed by atoms with Crippen LogP contribution in [0.3, 0.4) is 0 Å². The molecule has 1 N–H and O–H groups in total. The van der Waals surface area contributed by atoms with Gasteiger partial charge in [-0.3, -0.25) is 9.48 Å². The van der Waals surface area contributed by atoms with Gasteiger partial charge in [-0.1, -0.05) is 18.2 Å². The Morgan fingerprint density at radius 2 is 1.67 bits per heavy atom. The highest BCUT2D eigenvalue weighted by Crippen LogP contribution is 2.61. The minimum atomic E-state index is -4.45. The molecule has 5 saturated carbocycles. The summed E-state index contributed by atoms with van der Waals surface area (Å²) in [4.78, 5) is 13.6. The highest BCUT2D eigenvalue weighted by molar-refractivity contribution is 5.95. The highest BCUT2D eigenvalue weighted by atomic mass is 19.4. The molecule has 8 rings (SSSR count). The Labute approximate surface area is 226 Å². The van der Waals surface area contributed by atoms with Gasteiger partial charge in [0.05, 0.1) is 16.9 Å². The first-order chi connectivity index (χ1) is 18.8. The number of carbonyl (C=O) groups excluding carboxylic acids is 1. The Morgan fingerprint density at radius 1 is 1.00 bits per heavy atom. The lowest BCUT2D eigenvalue weighted by Crippen LogP contribution is -2.49. The van der Waals surface area contributed by atoms with Crippen molar-refractivity contribution in [3.63, 3.8) is 0 Å². The Balaban J connectivity index is 1.10. The second-order valence-corrected chi connectivity index (χ2v) is 12.4. The molecule has 1 amide bonds. The summed E-state index contributed by atoms with van der Waals surface area (Å²) in [7, 11) is 0. The fourth-order valence-corrected chi connectivity index (χ4v) is 8.03. The van der Waals surface area contributed by atoms with Crippen LogP contribution < -0.4 is 5.32 Å². The zero-order chi connectivity index (χ0) is 26.8. The van der Waals surface area contributed by atoms with E-state index in [4.69, 9.17) is 5.10 Å². The Bertz CT molecular complexity index is 1340.